The average Bonchev–Trinajstić information content (AvgIpc) is 2.28. The Morgan fingerprint density at radius 1 is 1.32 bits per heavy atom. The summed E-state index contributed by atoms with van der Waals surface area (Å²) in [5.41, 5.74) is 0.436. The molecule has 1 aromatic rings. The van der Waals surface area contributed by atoms with Crippen molar-refractivity contribution in [2.45, 2.75) is 13.1 Å². The van der Waals surface area contributed by atoms with Crippen LogP contribution in [0.1, 0.15) is 17.3 Å². The normalized spacial score (nSPS) is 11.4. The summed E-state index contributed by atoms with van der Waals surface area (Å²) in [5.74, 6) is 0.157. The summed E-state index contributed by atoms with van der Waals surface area (Å²) in [6.07, 6.45) is -4.35. The molecule has 0 heterocycles. The van der Waals surface area contributed by atoms with Gasteiger partial charge in [0.15, 0.2) is 5.78 Å². The molecule has 0 spiro atoms. The van der Waals surface area contributed by atoms with Gasteiger partial charge in [0.1, 0.15) is 19.0 Å². The fourth-order valence-electron chi connectivity index (χ4n) is 1.24. The largest absolute Gasteiger partial charge is 0.490 e. The lowest BCUT2D eigenvalue weighted by atomic mass is 10.1. The Morgan fingerprint density at radius 2 is 2.00 bits per heavy atom. The number of hydrogen-bond donors (Lipinski definition) is 0. The van der Waals surface area contributed by atoms with Gasteiger partial charge < -0.3 is 9.47 Å². The molecule has 0 aliphatic heterocycles. The van der Waals surface area contributed by atoms with E-state index in [2.05, 4.69) is 4.74 Å². The average molecular weight is 297 g/mol. The molecule has 0 atom stereocenters. The van der Waals surface area contributed by atoms with Crippen molar-refractivity contribution in [1.82, 2.24) is 0 Å². The Labute approximate surface area is 113 Å². The highest BCUT2D eigenvalue weighted by Gasteiger charge is 2.27. The quantitative estimate of drug-likeness (QED) is 0.595. The van der Waals surface area contributed by atoms with Crippen molar-refractivity contribution in [3.05, 3.63) is 28.8 Å². The molecule has 0 aliphatic carbocycles. The predicted octanol–water partition coefficient (Wildman–Crippen LogP) is 3.50. The molecule has 0 unspecified atom stereocenters. The first-order valence-electron chi connectivity index (χ1n) is 5.37. The Kier molecular flexibility index (Phi) is 5.62. The second-order valence-corrected chi connectivity index (χ2v) is 4.12. The van der Waals surface area contributed by atoms with Gasteiger partial charge in [0.05, 0.1) is 11.6 Å². The zero-order valence-corrected chi connectivity index (χ0v) is 10.8. The molecule has 0 fully saturated rings. The SMILES string of the molecule is CC(=O)c1ccc(OCCOCC(F)(F)F)c(Cl)c1. The first-order chi connectivity index (χ1) is 8.79. The fraction of sp³-hybridized carbons (Fsp3) is 0.417. The molecule has 0 saturated carbocycles. The lowest BCUT2D eigenvalue weighted by Gasteiger charge is -2.10. The Bertz CT molecular complexity index is 446. The summed E-state index contributed by atoms with van der Waals surface area (Å²) in [6, 6.07) is 4.46. The smallest absolute Gasteiger partial charge is 0.411 e. The predicted molar refractivity (Wildman–Crippen MR) is 63.8 cm³/mol. The van der Waals surface area contributed by atoms with Crippen LogP contribution in [0.25, 0.3) is 0 Å². The zero-order valence-electron chi connectivity index (χ0n) is 10.1. The van der Waals surface area contributed by atoms with Gasteiger partial charge in [-0.3, -0.25) is 4.79 Å². The van der Waals surface area contributed by atoms with Crippen LogP contribution in [0.15, 0.2) is 18.2 Å². The maximum Gasteiger partial charge on any atom is 0.411 e. The van der Waals surface area contributed by atoms with Gasteiger partial charge in [0.25, 0.3) is 0 Å². The molecule has 1 aromatic carbocycles. The van der Waals surface area contributed by atoms with Gasteiger partial charge >= 0.3 is 6.18 Å². The summed E-state index contributed by atoms with van der Waals surface area (Å²) < 4.78 is 44.8. The topological polar surface area (TPSA) is 35.5 Å². The van der Waals surface area contributed by atoms with E-state index < -0.39 is 12.8 Å². The summed E-state index contributed by atoms with van der Waals surface area (Å²) >= 11 is 5.86. The van der Waals surface area contributed by atoms with Crippen LogP contribution in [-0.4, -0.2) is 31.8 Å². The van der Waals surface area contributed by atoms with E-state index >= 15 is 0 Å². The molecule has 0 amide bonds. The molecule has 0 radical (unpaired) electrons. The molecule has 0 aliphatic rings. The third kappa shape index (κ3) is 5.94. The van der Waals surface area contributed by atoms with E-state index in [4.69, 9.17) is 16.3 Å². The number of rotatable bonds is 6. The number of carbonyl (C=O) groups excluding carboxylic acids is 1. The number of Topliss-reactive ketones (excluding diaryl/α,β-unsaturated/α-hetero) is 1. The number of ketones is 1. The number of hydrogen-bond acceptors (Lipinski definition) is 3. The minimum Gasteiger partial charge on any atom is -0.490 e. The molecule has 0 aromatic heterocycles. The molecular formula is C12H12ClF3O3. The first-order valence-corrected chi connectivity index (χ1v) is 5.75. The molecule has 0 bridgehead atoms. The highest BCUT2D eigenvalue weighted by atomic mass is 35.5. The molecule has 106 valence electrons. The van der Waals surface area contributed by atoms with Crippen LogP contribution in [0, 0.1) is 0 Å². The van der Waals surface area contributed by atoms with E-state index in [1.54, 1.807) is 0 Å². The van der Waals surface area contributed by atoms with Gasteiger partial charge in [-0.25, -0.2) is 0 Å². The van der Waals surface area contributed by atoms with Crippen LogP contribution >= 0.6 is 11.6 Å². The van der Waals surface area contributed by atoms with Gasteiger partial charge in [-0.1, -0.05) is 11.6 Å². The molecule has 7 heteroatoms. The second-order valence-electron chi connectivity index (χ2n) is 3.72. The molecular weight excluding hydrogens is 285 g/mol. The maximum absolute atomic E-state index is 11.8. The van der Waals surface area contributed by atoms with Crippen LogP contribution in [0.3, 0.4) is 0 Å². The van der Waals surface area contributed by atoms with Crippen molar-refractivity contribution < 1.29 is 27.4 Å². The number of alkyl halides is 3. The van der Waals surface area contributed by atoms with Crippen LogP contribution in [0.4, 0.5) is 13.2 Å². The highest BCUT2D eigenvalue weighted by Crippen LogP contribution is 2.25. The van der Waals surface area contributed by atoms with Gasteiger partial charge in [-0.15, -0.1) is 0 Å². The van der Waals surface area contributed by atoms with Crippen molar-refractivity contribution in [1.29, 1.82) is 0 Å². The fourth-order valence-corrected chi connectivity index (χ4v) is 1.47. The van der Waals surface area contributed by atoms with E-state index in [9.17, 15) is 18.0 Å². The Morgan fingerprint density at radius 3 is 2.53 bits per heavy atom. The number of carbonyl (C=O) groups is 1. The van der Waals surface area contributed by atoms with E-state index in [0.29, 0.717) is 11.3 Å². The molecule has 0 N–H and O–H groups in total. The summed E-state index contributed by atoms with van der Waals surface area (Å²) in [6.45, 7) is -0.177. The lowest BCUT2D eigenvalue weighted by Crippen LogP contribution is -2.19. The van der Waals surface area contributed by atoms with E-state index in [1.807, 2.05) is 0 Å². The zero-order chi connectivity index (χ0) is 14.5. The van der Waals surface area contributed by atoms with Crippen LogP contribution < -0.4 is 4.74 Å². The Hall–Kier alpha value is -1.27. The van der Waals surface area contributed by atoms with E-state index in [0.717, 1.165) is 0 Å². The molecule has 19 heavy (non-hydrogen) atoms. The molecule has 1 rings (SSSR count). The van der Waals surface area contributed by atoms with Gasteiger partial charge in [0.2, 0.25) is 0 Å². The monoisotopic (exact) mass is 296 g/mol. The standard InChI is InChI=1S/C12H12ClF3O3/c1-8(17)9-2-3-11(10(13)6-9)19-5-4-18-7-12(14,15)16/h2-3,6H,4-5,7H2,1H3. The van der Waals surface area contributed by atoms with Gasteiger partial charge in [-0.2, -0.15) is 13.2 Å². The van der Waals surface area contributed by atoms with Gasteiger partial charge in [-0.05, 0) is 25.1 Å². The summed E-state index contributed by atoms with van der Waals surface area (Å²) in [7, 11) is 0. The Balaban J connectivity index is 2.40. The van der Waals surface area contributed by atoms with Crippen LogP contribution in [0.2, 0.25) is 5.02 Å². The lowest BCUT2D eigenvalue weighted by molar-refractivity contribution is -0.175. The third-order valence-corrected chi connectivity index (χ3v) is 2.38. The van der Waals surface area contributed by atoms with Crippen molar-refractivity contribution in [3.8, 4) is 5.75 Å². The minimum absolute atomic E-state index is 0.0603. The van der Waals surface area contributed by atoms with Gasteiger partial charge in [0, 0.05) is 5.56 Å². The van der Waals surface area contributed by atoms with Crippen molar-refractivity contribution in [2.75, 3.05) is 19.8 Å². The summed E-state index contributed by atoms with van der Waals surface area (Å²) in [5, 5.41) is 0.225. The van der Waals surface area contributed by atoms with Crippen LogP contribution in [-0.2, 0) is 4.74 Å². The van der Waals surface area contributed by atoms with Crippen molar-refractivity contribution in [3.63, 3.8) is 0 Å². The van der Waals surface area contributed by atoms with E-state index in [-0.39, 0.29) is 24.0 Å². The second kappa shape index (κ2) is 6.77. The van der Waals surface area contributed by atoms with Crippen molar-refractivity contribution in [2.24, 2.45) is 0 Å². The number of halogens is 4. The van der Waals surface area contributed by atoms with Crippen LogP contribution in [0.5, 0.6) is 5.75 Å². The maximum atomic E-state index is 11.8. The minimum atomic E-state index is -4.35. The molecule has 0 saturated heterocycles. The third-order valence-electron chi connectivity index (χ3n) is 2.09. The first kappa shape index (κ1) is 15.8. The van der Waals surface area contributed by atoms with Crippen molar-refractivity contribution >= 4 is 17.4 Å². The highest BCUT2D eigenvalue weighted by molar-refractivity contribution is 6.32. The molecule has 3 nitrogen and oxygen atoms in total. The number of benzene rings is 1. The number of ether oxygens (including phenoxy) is 2. The summed E-state index contributed by atoms with van der Waals surface area (Å²) in [4.78, 5) is 11.1. The van der Waals surface area contributed by atoms with E-state index in [1.165, 1.54) is 25.1 Å².